The normalized spacial score (nSPS) is 14.4. The van der Waals surface area contributed by atoms with Crippen molar-refractivity contribution < 1.29 is 18.7 Å². The number of halogens is 1. The topological polar surface area (TPSA) is 89.4 Å². The minimum absolute atomic E-state index is 0.0292. The quantitative estimate of drug-likeness (QED) is 0.367. The van der Waals surface area contributed by atoms with Crippen molar-refractivity contribution in [3.63, 3.8) is 0 Å². The first-order chi connectivity index (χ1) is 18.4. The van der Waals surface area contributed by atoms with Gasteiger partial charge in [-0.2, -0.15) is 0 Å². The monoisotopic (exact) mass is 515 g/mol. The highest BCUT2D eigenvalue weighted by Gasteiger charge is 2.35. The Kier molecular flexibility index (Phi) is 7.35. The fourth-order valence-electron chi connectivity index (χ4n) is 4.99. The Balaban J connectivity index is 1.60. The minimum Gasteiger partial charge on any atom is -0.497 e. The van der Waals surface area contributed by atoms with E-state index < -0.39 is 17.8 Å². The molecule has 1 N–H and O–H groups in total. The van der Waals surface area contributed by atoms with Gasteiger partial charge < -0.3 is 10.1 Å². The Labute approximate surface area is 220 Å². The molecule has 0 unspecified atom stereocenters. The van der Waals surface area contributed by atoms with Gasteiger partial charge in [-0.15, -0.1) is 5.10 Å². The van der Waals surface area contributed by atoms with Crippen LogP contribution < -0.4 is 15.0 Å². The van der Waals surface area contributed by atoms with Gasteiger partial charge in [0.05, 0.1) is 12.6 Å². The lowest BCUT2D eigenvalue weighted by Crippen LogP contribution is -2.47. The highest BCUT2D eigenvalue weighted by Crippen LogP contribution is 2.32. The number of aryl methyl sites for hydroxylation is 1. The van der Waals surface area contributed by atoms with Crippen molar-refractivity contribution in [2.45, 2.75) is 51.2 Å². The van der Waals surface area contributed by atoms with Crippen molar-refractivity contribution >= 4 is 28.5 Å². The van der Waals surface area contributed by atoms with E-state index in [2.05, 4.69) is 15.6 Å². The van der Waals surface area contributed by atoms with Crippen LogP contribution in [0, 0.1) is 12.7 Å². The van der Waals surface area contributed by atoms with E-state index in [0.29, 0.717) is 27.9 Å². The number of nitrogens with zero attached hydrogens (tertiary/aromatic N) is 4. The summed E-state index contributed by atoms with van der Waals surface area (Å²) in [6, 6.07) is 17.9. The van der Waals surface area contributed by atoms with Crippen molar-refractivity contribution in [3.05, 3.63) is 83.7 Å². The summed E-state index contributed by atoms with van der Waals surface area (Å²) in [6.07, 6.45) is 3.85. The number of aromatic nitrogens is 3. The SMILES string of the molecule is COc1cccc([C@H](C(=O)NC2CCCC2)N(C(=O)Cn2nnc3ccccc32)c2ccc(C)c(F)c2)c1. The van der Waals surface area contributed by atoms with Crippen LogP contribution in [0.2, 0.25) is 0 Å². The standard InChI is InChI=1S/C29H30FN5O3/c1-19-14-15-22(17-24(19)30)35(27(36)18-34-26-13-6-5-12-25(26)32-33-34)28(20-8-7-11-23(16-20)38-2)29(37)31-21-9-3-4-10-21/h5-8,11-17,21,28H,3-4,9-10,18H2,1-2H3,(H,31,37)/t28-/m1/s1. The van der Waals surface area contributed by atoms with E-state index in [0.717, 1.165) is 25.7 Å². The molecule has 1 fully saturated rings. The van der Waals surface area contributed by atoms with Crippen molar-refractivity contribution in [3.8, 4) is 5.75 Å². The molecule has 1 saturated carbocycles. The number of carbonyl (C=O) groups is 2. The van der Waals surface area contributed by atoms with Crippen LogP contribution in [0.5, 0.6) is 5.75 Å². The smallest absolute Gasteiger partial charge is 0.249 e. The molecule has 0 spiro atoms. The van der Waals surface area contributed by atoms with Gasteiger partial charge in [0.25, 0.3) is 0 Å². The third kappa shape index (κ3) is 5.22. The zero-order valence-electron chi connectivity index (χ0n) is 21.4. The fraction of sp³-hybridized carbons (Fsp3) is 0.310. The molecule has 0 aliphatic heterocycles. The Morgan fingerprint density at radius 3 is 2.66 bits per heavy atom. The molecular weight excluding hydrogens is 485 g/mol. The number of anilines is 1. The third-order valence-electron chi connectivity index (χ3n) is 7.03. The van der Waals surface area contributed by atoms with Crippen molar-refractivity contribution in [1.82, 2.24) is 20.3 Å². The molecule has 38 heavy (non-hydrogen) atoms. The second-order valence-electron chi connectivity index (χ2n) is 9.60. The minimum atomic E-state index is -1.06. The number of methoxy groups -OCH3 is 1. The number of rotatable bonds is 8. The zero-order chi connectivity index (χ0) is 26.6. The first-order valence-corrected chi connectivity index (χ1v) is 12.8. The Bertz CT molecular complexity index is 1460. The number of nitrogens with one attached hydrogen (secondary N) is 1. The summed E-state index contributed by atoms with van der Waals surface area (Å²) in [4.78, 5) is 29.3. The third-order valence-corrected chi connectivity index (χ3v) is 7.03. The summed E-state index contributed by atoms with van der Waals surface area (Å²) in [6.45, 7) is 1.46. The lowest BCUT2D eigenvalue weighted by Gasteiger charge is -2.32. The second kappa shape index (κ2) is 11.0. The van der Waals surface area contributed by atoms with E-state index in [-0.39, 0.29) is 24.2 Å². The van der Waals surface area contributed by atoms with E-state index in [1.807, 2.05) is 24.3 Å². The maximum Gasteiger partial charge on any atom is 0.249 e. The number of hydrogen-bond acceptors (Lipinski definition) is 5. The van der Waals surface area contributed by atoms with Gasteiger partial charge in [-0.3, -0.25) is 14.5 Å². The van der Waals surface area contributed by atoms with Crippen LogP contribution in [0.15, 0.2) is 66.7 Å². The van der Waals surface area contributed by atoms with E-state index in [4.69, 9.17) is 4.74 Å². The molecule has 1 aliphatic rings. The zero-order valence-corrected chi connectivity index (χ0v) is 21.4. The number of fused-ring (bicyclic) bond motifs is 1. The van der Waals surface area contributed by atoms with Gasteiger partial charge in [-0.1, -0.05) is 48.4 Å². The second-order valence-corrected chi connectivity index (χ2v) is 9.60. The van der Waals surface area contributed by atoms with Crippen LogP contribution in [-0.4, -0.2) is 40.0 Å². The largest absolute Gasteiger partial charge is 0.497 e. The number of ether oxygens (including phenoxy) is 1. The van der Waals surface area contributed by atoms with Gasteiger partial charge in [-0.25, -0.2) is 9.07 Å². The Morgan fingerprint density at radius 2 is 1.89 bits per heavy atom. The average molecular weight is 516 g/mol. The van der Waals surface area contributed by atoms with E-state index in [1.165, 1.54) is 15.6 Å². The fourth-order valence-corrected chi connectivity index (χ4v) is 4.99. The van der Waals surface area contributed by atoms with Crippen LogP contribution in [0.3, 0.4) is 0 Å². The Hall–Kier alpha value is -4.27. The maximum absolute atomic E-state index is 14.8. The molecule has 2 amide bonds. The van der Waals surface area contributed by atoms with Crippen molar-refractivity contribution in [1.29, 1.82) is 0 Å². The lowest BCUT2D eigenvalue weighted by molar-refractivity contribution is -0.127. The van der Waals surface area contributed by atoms with Crippen LogP contribution >= 0.6 is 0 Å². The molecule has 1 aliphatic carbocycles. The van der Waals surface area contributed by atoms with E-state index in [9.17, 15) is 14.0 Å². The van der Waals surface area contributed by atoms with Crippen LogP contribution in [-0.2, 0) is 16.1 Å². The van der Waals surface area contributed by atoms with Crippen molar-refractivity contribution in [2.24, 2.45) is 0 Å². The average Bonchev–Trinajstić information content (AvgIpc) is 3.59. The molecule has 1 heterocycles. The molecule has 8 nitrogen and oxygen atoms in total. The molecule has 5 rings (SSSR count). The van der Waals surface area contributed by atoms with Gasteiger partial charge in [0, 0.05) is 11.7 Å². The number of amides is 2. The molecule has 1 atom stereocenters. The van der Waals surface area contributed by atoms with E-state index >= 15 is 0 Å². The first kappa shape index (κ1) is 25.4. The molecule has 9 heteroatoms. The van der Waals surface area contributed by atoms with Gasteiger partial charge >= 0.3 is 0 Å². The molecule has 3 aromatic carbocycles. The highest BCUT2D eigenvalue weighted by atomic mass is 19.1. The number of para-hydroxylation sites is 1. The maximum atomic E-state index is 14.8. The van der Waals surface area contributed by atoms with Gasteiger partial charge in [-0.05, 0) is 67.3 Å². The lowest BCUT2D eigenvalue weighted by atomic mass is 10.0. The summed E-state index contributed by atoms with van der Waals surface area (Å²) >= 11 is 0. The van der Waals surface area contributed by atoms with Gasteiger partial charge in [0.1, 0.15) is 29.7 Å². The van der Waals surface area contributed by atoms with Gasteiger partial charge in [0.15, 0.2) is 0 Å². The highest BCUT2D eigenvalue weighted by molar-refractivity contribution is 6.01. The summed E-state index contributed by atoms with van der Waals surface area (Å²) in [5, 5.41) is 11.4. The van der Waals surface area contributed by atoms with Crippen LogP contribution in [0.1, 0.15) is 42.9 Å². The molecular formula is C29H30FN5O3. The Morgan fingerprint density at radius 1 is 1.11 bits per heavy atom. The number of benzene rings is 3. The predicted octanol–water partition coefficient (Wildman–Crippen LogP) is 4.72. The van der Waals surface area contributed by atoms with Crippen molar-refractivity contribution in [2.75, 3.05) is 12.0 Å². The van der Waals surface area contributed by atoms with Crippen LogP contribution in [0.25, 0.3) is 11.0 Å². The molecule has 1 aromatic heterocycles. The predicted molar refractivity (Wildman–Crippen MR) is 142 cm³/mol. The molecule has 0 bridgehead atoms. The molecule has 0 radical (unpaired) electrons. The summed E-state index contributed by atoms with van der Waals surface area (Å²) in [5.74, 6) is -0.681. The van der Waals surface area contributed by atoms with Crippen LogP contribution in [0.4, 0.5) is 10.1 Å². The summed E-state index contributed by atoms with van der Waals surface area (Å²) < 4.78 is 21.7. The van der Waals surface area contributed by atoms with E-state index in [1.54, 1.807) is 50.4 Å². The molecule has 0 saturated heterocycles. The molecule has 4 aromatic rings. The first-order valence-electron chi connectivity index (χ1n) is 12.8. The summed E-state index contributed by atoms with van der Waals surface area (Å²) in [7, 11) is 1.54. The van der Waals surface area contributed by atoms with Gasteiger partial charge in [0.2, 0.25) is 11.8 Å². The number of hydrogen-bond donors (Lipinski definition) is 1. The number of carbonyl (C=O) groups excluding carboxylic acids is 2. The molecule has 196 valence electrons. The summed E-state index contributed by atoms with van der Waals surface area (Å²) in [5.41, 5.74) is 2.60.